The third-order valence-corrected chi connectivity index (χ3v) is 3.44. The van der Waals surface area contributed by atoms with Crippen LogP contribution in [0.3, 0.4) is 0 Å². The monoisotopic (exact) mass is 252 g/mol. The van der Waals surface area contributed by atoms with Crippen molar-refractivity contribution in [3.05, 3.63) is 17.5 Å². The molecule has 100 valence electrons. The van der Waals surface area contributed by atoms with E-state index < -0.39 is 6.04 Å². The van der Waals surface area contributed by atoms with Gasteiger partial charge in [0, 0.05) is 31.5 Å². The van der Waals surface area contributed by atoms with Crippen LogP contribution in [0.1, 0.15) is 30.1 Å². The van der Waals surface area contributed by atoms with Gasteiger partial charge in [0.15, 0.2) is 0 Å². The summed E-state index contributed by atoms with van der Waals surface area (Å²) < 4.78 is 7.25. The molecular formula is C12H20N4O2. The predicted octanol–water partition coefficient (Wildman–Crippen LogP) is 0.0235. The first kappa shape index (κ1) is 13.0. The highest BCUT2D eigenvalue weighted by Gasteiger charge is 2.24. The minimum atomic E-state index is -0.497. The van der Waals surface area contributed by atoms with E-state index in [0.717, 1.165) is 30.7 Å². The first-order valence-corrected chi connectivity index (χ1v) is 6.22. The van der Waals surface area contributed by atoms with Crippen molar-refractivity contribution in [3.8, 4) is 0 Å². The van der Waals surface area contributed by atoms with E-state index in [0.29, 0.717) is 6.54 Å². The molecule has 0 aliphatic carbocycles. The Labute approximate surface area is 106 Å². The molecule has 0 radical (unpaired) electrons. The van der Waals surface area contributed by atoms with Crippen LogP contribution in [0.2, 0.25) is 0 Å². The van der Waals surface area contributed by atoms with Crippen molar-refractivity contribution in [1.82, 2.24) is 15.1 Å². The molecule has 2 heterocycles. The molecule has 1 aromatic heterocycles. The van der Waals surface area contributed by atoms with Crippen LogP contribution in [0.5, 0.6) is 0 Å². The number of carbonyl (C=O) groups is 1. The van der Waals surface area contributed by atoms with Gasteiger partial charge < -0.3 is 10.5 Å². The maximum atomic E-state index is 11.5. The summed E-state index contributed by atoms with van der Waals surface area (Å²) in [5, 5.41) is 7.32. The van der Waals surface area contributed by atoms with Gasteiger partial charge in [0.1, 0.15) is 6.04 Å². The maximum absolute atomic E-state index is 11.5. The van der Waals surface area contributed by atoms with Crippen LogP contribution in [0.4, 0.5) is 0 Å². The van der Waals surface area contributed by atoms with Crippen molar-refractivity contribution >= 4 is 5.91 Å². The van der Waals surface area contributed by atoms with Gasteiger partial charge in [-0.25, -0.2) is 0 Å². The van der Waals surface area contributed by atoms with Gasteiger partial charge in [0.2, 0.25) is 5.91 Å². The molecule has 1 fully saturated rings. The van der Waals surface area contributed by atoms with E-state index in [1.165, 1.54) is 0 Å². The Morgan fingerprint density at radius 3 is 3.06 bits per heavy atom. The molecule has 2 rings (SSSR count). The molecular weight excluding hydrogens is 232 g/mol. The highest BCUT2D eigenvalue weighted by Crippen LogP contribution is 2.18. The fourth-order valence-corrected chi connectivity index (χ4v) is 2.22. The topological polar surface area (TPSA) is 82.2 Å². The third-order valence-electron chi connectivity index (χ3n) is 3.44. The second-order valence-corrected chi connectivity index (χ2v) is 4.69. The van der Waals surface area contributed by atoms with Gasteiger partial charge in [0.25, 0.3) is 0 Å². The SMILES string of the molecule is Cc1c(C(NCC2CCCO2)C(N)=O)cnn1C. The Balaban J connectivity index is 2.03. The van der Waals surface area contributed by atoms with Crippen molar-refractivity contribution in [1.29, 1.82) is 0 Å². The van der Waals surface area contributed by atoms with Crippen LogP contribution in [0, 0.1) is 6.92 Å². The molecule has 0 aromatic carbocycles. The predicted molar refractivity (Wildman–Crippen MR) is 66.9 cm³/mol. The lowest BCUT2D eigenvalue weighted by molar-refractivity contribution is -0.120. The smallest absolute Gasteiger partial charge is 0.239 e. The first-order valence-electron chi connectivity index (χ1n) is 6.22. The van der Waals surface area contributed by atoms with Gasteiger partial charge in [0.05, 0.1) is 12.3 Å². The molecule has 2 unspecified atom stereocenters. The first-order chi connectivity index (χ1) is 8.59. The molecule has 2 atom stereocenters. The summed E-state index contributed by atoms with van der Waals surface area (Å²) >= 11 is 0. The summed E-state index contributed by atoms with van der Waals surface area (Å²) in [5.74, 6) is -0.385. The fourth-order valence-electron chi connectivity index (χ4n) is 2.22. The molecule has 1 saturated heterocycles. The highest BCUT2D eigenvalue weighted by atomic mass is 16.5. The molecule has 6 nitrogen and oxygen atoms in total. The molecule has 1 aliphatic heterocycles. The van der Waals surface area contributed by atoms with Gasteiger partial charge >= 0.3 is 0 Å². The van der Waals surface area contributed by atoms with E-state index in [9.17, 15) is 4.79 Å². The zero-order chi connectivity index (χ0) is 13.1. The number of rotatable bonds is 5. The minimum Gasteiger partial charge on any atom is -0.377 e. The zero-order valence-electron chi connectivity index (χ0n) is 10.8. The van der Waals surface area contributed by atoms with Crippen molar-refractivity contribution in [2.24, 2.45) is 12.8 Å². The van der Waals surface area contributed by atoms with Gasteiger partial charge in [-0.05, 0) is 19.8 Å². The second kappa shape index (κ2) is 5.49. The van der Waals surface area contributed by atoms with E-state index in [4.69, 9.17) is 10.5 Å². The summed E-state index contributed by atoms with van der Waals surface area (Å²) in [6.45, 7) is 3.37. The van der Waals surface area contributed by atoms with E-state index in [1.807, 2.05) is 14.0 Å². The van der Waals surface area contributed by atoms with Gasteiger partial charge in [-0.2, -0.15) is 5.10 Å². The molecule has 1 aromatic rings. The van der Waals surface area contributed by atoms with Crippen LogP contribution in [0.15, 0.2) is 6.20 Å². The lowest BCUT2D eigenvalue weighted by atomic mass is 10.1. The quantitative estimate of drug-likeness (QED) is 0.774. The van der Waals surface area contributed by atoms with Crippen molar-refractivity contribution in [2.75, 3.05) is 13.2 Å². The van der Waals surface area contributed by atoms with Crippen LogP contribution in [0.25, 0.3) is 0 Å². The number of nitrogens with two attached hydrogens (primary N) is 1. The average molecular weight is 252 g/mol. The van der Waals surface area contributed by atoms with Gasteiger partial charge in [-0.3, -0.25) is 14.8 Å². The number of aromatic nitrogens is 2. The number of nitrogens with one attached hydrogen (secondary N) is 1. The lowest BCUT2D eigenvalue weighted by Crippen LogP contribution is -2.38. The minimum absolute atomic E-state index is 0.184. The molecule has 0 spiro atoms. The zero-order valence-corrected chi connectivity index (χ0v) is 10.8. The Morgan fingerprint density at radius 2 is 2.56 bits per heavy atom. The van der Waals surface area contributed by atoms with E-state index in [2.05, 4.69) is 10.4 Å². The summed E-state index contributed by atoms with van der Waals surface area (Å²) in [6, 6.07) is -0.497. The van der Waals surface area contributed by atoms with Crippen LogP contribution in [-0.4, -0.2) is 34.9 Å². The largest absolute Gasteiger partial charge is 0.377 e. The molecule has 18 heavy (non-hydrogen) atoms. The fraction of sp³-hybridized carbons (Fsp3) is 0.667. The number of hydrogen-bond donors (Lipinski definition) is 2. The molecule has 3 N–H and O–H groups in total. The van der Waals surface area contributed by atoms with Crippen molar-refractivity contribution in [3.63, 3.8) is 0 Å². The molecule has 0 saturated carbocycles. The second-order valence-electron chi connectivity index (χ2n) is 4.69. The number of carbonyl (C=O) groups excluding carboxylic acids is 1. The number of nitrogens with zero attached hydrogens (tertiary/aromatic N) is 2. The number of amides is 1. The standard InChI is InChI=1S/C12H20N4O2/c1-8-10(7-15-16(8)2)11(12(13)17)14-6-9-4-3-5-18-9/h7,9,11,14H,3-6H2,1-2H3,(H2,13,17). The summed E-state index contributed by atoms with van der Waals surface area (Å²) in [6.07, 6.45) is 3.99. The number of hydrogen-bond acceptors (Lipinski definition) is 4. The summed E-state index contributed by atoms with van der Waals surface area (Å²) in [7, 11) is 1.84. The lowest BCUT2D eigenvalue weighted by Gasteiger charge is -2.18. The Hall–Kier alpha value is -1.40. The molecule has 6 heteroatoms. The van der Waals surface area contributed by atoms with Crippen molar-refractivity contribution in [2.45, 2.75) is 31.9 Å². The number of primary amides is 1. The molecule has 0 bridgehead atoms. The highest BCUT2D eigenvalue weighted by molar-refractivity contribution is 5.81. The van der Waals surface area contributed by atoms with Crippen LogP contribution in [-0.2, 0) is 16.6 Å². The Morgan fingerprint density at radius 1 is 1.78 bits per heavy atom. The summed E-state index contributed by atoms with van der Waals surface area (Å²) in [5.41, 5.74) is 7.23. The van der Waals surface area contributed by atoms with Crippen LogP contribution < -0.4 is 11.1 Å². The summed E-state index contributed by atoms with van der Waals surface area (Å²) in [4.78, 5) is 11.5. The van der Waals surface area contributed by atoms with Crippen molar-refractivity contribution < 1.29 is 9.53 Å². The average Bonchev–Trinajstić information content (AvgIpc) is 2.93. The number of ether oxygens (including phenoxy) is 1. The Bertz CT molecular complexity index is 424. The molecule has 1 amide bonds. The normalized spacial score (nSPS) is 21.1. The van der Waals surface area contributed by atoms with Gasteiger partial charge in [-0.15, -0.1) is 0 Å². The Kier molecular flexibility index (Phi) is 3.98. The van der Waals surface area contributed by atoms with E-state index in [1.54, 1.807) is 10.9 Å². The number of aryl methyl sites for hydroxylation is 1. The third kappa shape index (κ3) is 2.70. The van der Waals surface area contributed by atoms with Crippen LogP contribution >= 0.6 is 0 Å². The molecule has 1 aliphatic rings. The van der Waals surface area contributed by atoms with E-state index in [-0.39, 0.29) is 12.0 Å². The van der Waals surface area contributed by atoms with E-state index >= 15 is 0 Å². The maximum Gasteiger partial charge on any atom is 0.239 e. The van der Waals surface area contributed by atoms with Gasteiger partial charge in [-0.1, -0.05) is 0 Å².